The summed E-state index contributed by atoms with van der Waals surface area (Å²) in [5.41, 5.74) is 1.55. The van der Waals surface area contributed by atoms with Crippen LogP contribution in [0.3, 0.4) is 0 Å². The Morgan fingerprint density at radius 1 is 1.64 bits per heavy atom. The molecule has 0 aliphatic rings. The Bertz CT molecular complexity index is 323. The number of carbonyl (C=O) groups excluding carboxylic acids is 2. The molecule has 0 aliphatic carbocycles. The normalized spacial score (nSPS) is 11.9. The zero-order chi connectivity index (χ0) is 10.6. The van der Waals surface area contributed by atoms with Crippen LogP contribution in [0, 0.1) is 0 Å². The number of nitrogens with one attached hydrogen (secondary N) is 1. The summed E-state index contributed by atoms with van der Waals surface area (Å²) in [5.74, 6) is -0.784. The van der Waals surface area contributed by atoms with Crippen LogP contribution in [0.2, 0.25) is 0 Å². The van der Waals surface area contributed by atoms with Gasteiger partial charge in [-0.15, -0.1) is 11.3 Å². The standard InChI is InChI=1S/C8H10N2O3S/c1-5(8(12)13-2)10-7(11)6-3-9-4-14-6/h3-5H,1-2H3,(H,10,11). The van der Waals surface area contributed by atoms with Crippen LogP contribution in [0.15, 0.2) is 11.7 Å². The Morgan fingerprint density at radius 3 is 2.86 bits per heavy atom. The summed E-state index contributed by atoms with van der Waals surface area (Å²) >= 11 is 1.22. The predicted molar refractivity (Wildman–Crippen MR) is 51.1 cm³/mol. The average molecular weight is 214 g/mol. The van der Waals surface area contributed by atoms with Gasteiger partial charge >= 0.3 is 5.97 Å². The molecule has 0 bridgehead atoms. The zero-order valence-electron chi connectivity index (χ0n) is 7.81. The van der Waals surface area contributed by atoms with Crippen LogP contribution in [0.25, 0.3) is 0 Å². The number of thiazole rings is 1. The van der Waals surface area contributed by atoms with Crippen molar-refractivity contribution in [2.45, 2.75) is 13.0 Å². The molecule has 1 N–H and O–H groups in total. The number of ether oxygens (including phenoxy) is 1. The van der Waals surface area contributed by atoms with E-state index in [1.54, 1.807) is 12.4 Å². The number of hydrogen-bond acceptors (Lipinski definition) is 5. The Labute approximate surface area is 85.1 Å². The van der Waals surface area contributed by atoms with E-state index in [0.717, 1.165) is 0 Å². The fraction of sp³-hybridized carbons (Fsp3) is 0.375. The molecular formula is C8H10N2O3S. The summed E-state index contributed by atoms with van der Waals surface area (Å²) in [4.78, 5) is 26.6. The van der Waals surface area contributed by atoms with Gasteiger partial charge in [0, 0.05) is 0 Å². The maximum absolute atomic E-state index is 11.4. The van der Waals surface area contributed by atoms with E-state index < -0.39 is 12.0 Å². The largest absolute Gasteiger partial charge is 0.467 e. The van der Waals surface area contributed by atoms with E-state index >= 15 is 0 Å². The molecule has 1 aromatic rings. The van der Waals surface area contributed by atoms with Gasteiger partial charge in [0.2, 0.25) is 0 Å². The second-order valence-electron chi connectivity index (χ2n) is 2.58. The molecule has 6 heteroatoms. The number of aromatic nitrogens is 1. The van der Waals surface area contributed by atoms with Gasteiger partial charge < -0.3 is 10.1 Å². The third kappa shape index (κ3) is 2.53. The van der Waals surface area contributed by atoms with E-state index in [9.17, 15) is 9.59 Å². The maximum atomic E-state index is 11.4. The van der Waals surface area contributed by atoms with Crippen molar-refractivity contribution < 1.29 is 14.3 Å². The Morgan fingerprint density at radius 2 is 2.36 bits per heavy atom. The second-order valence-corrected chi connectivity index (χ2v) is 3.47. The summed E-state index contributed by atoms with van der Waals surface area (Å²) in [6, 6.07) is -0.644. The average Bonchev–Trinajstić information content (AvgIpc) is 2.69. The molecule has 1 rings (SSSR count). The van der Waals surface area contributed by atoms with E-state index in [2.05, 4.69) is 15.0 Å². The Balaban J connectivity index is 2.53. The summed E-state index contributed by atoms with van der Waals surface area (Å²) in [7, 11) is 1.28. The van der Waals surface area contributed by atoms with Gasteiger partial charge in [0.25, 0.3) is 5.91 Å². The van der Waals surface area contributed by atoms with Gasteiger partial charge in [0.05, 0.1) is 18.8 Å². The van der Waals surface area contributed by atoms with Crippen LogP contribution < -0.4 is 5.32 Å². The van der Waals surface area contributed by atoms with Gasteiger partial charge in [-0.05, 0) is 6.92 Å². The third-order valence-corrected chi connectivity index (χ3v) is 2.33. The lowest BCUT2D eigenvalue weighted by Gasteiger charge is -2.09. The quantitative estimate of drug-likeness (QED) is 0.741. The van der Waals surface area contributed by atoms with Crippen molar-refractivity contribution in [2.24, 2.45) is 0 Å². The highest BCUT2D eigenvalue weighted by Crippen LogP contribution is 2.05. The molecule has 1 amide bonds. The molecule has 1 unspecified atom stereocenters. The van der Waals surface area contributed by atoms with Gasteiger partial charge in [-0.25, -0.2) is 4.79 Å². The first-order valence-corrected chi connectivity index (χ1v) is 4.80. The number of methoxy groups -OCH3 is 1. The van der Waals surface area contributed by atoms with E-state index in [1.807, 2.05) is 0 Å². The highest BCUT2D eigenvalue weighted by molar-refractivity contribution is 7.11. The number of esters is 1. The number of nitrogens with zero attached hydrogens (tertiary/aromatic N) is 1. The minimum absolute atomic E-state index is 0.314. The minimum atomic E-state index is -0.644. The van der Waals surface area contributed by atoms with Crippen molar-refractivity contribution in [3.63, 3.8) is 0 Å². The van der Waals surface area contributed by atoms with Gasteiger partial charge in [0.15, 0.2) is 0 Å². The van der Waals surface area contributed by atoms with Crippen LogP contribution in [0.4, 0.5) is 0 Å². The van der Waals surface area contributed by atoms with Crippen LogP contribution >= 0.6 is 11.3 Å². The first kappa shape index (κ1) is 10.6. The smallest absolute Gasteiger partial charge is 0.328 e. The molecule has 0 radical (unpaired) electrons. The molecule has 14 heavy (non-hydrogen) atoms. The van der Waals surface area contributed by atoms with Crippen molar-refractivity contribution in [1.29, 1.82) is 0 Å². The molecule has 1 heterocycles. The molecule has 0 aromatic carbocycles. The summed E-state index contributed by atoms with van der Waals surface area (Å²) in [5, 5.41) is 2.49. The minimum Gasteiger partial charge on any atom is -0.467 e. The van der Waals surface area contributed by atoms with E-state index in [0.29, 0.717) is 4.88 Å². The SMILES string of the molecule is COC(=O)C(C)NC(=O)c1cncs1. The molecule has 1 atom stereocenters. The van der Waals surface area contributed by atoms with Crippen LogP contribution in [0.5, 0.6) is 0 Å². The van der Waals surface area contributed by atoms with Crippen LogP contribution in [0.1, 0.15) is 16.6 Å². The molecule has 0 fully saturated rings. The molecular weight excluding hydrogens is 204 g/mol. The maximum Gasteiger partial charge on any atom is 0.328 e. The Kier molecular flexibility index (Phi) is 3.58. The predicted octanol–water partition coefficient (Wildman–Crippen LogP) is 0.434. The summed E-state index contributed by atoms with van der Waals surface area (Å²) < 4.78 is 4.46. The molecule has 76 valence electrons. The van der Waals surface area contributed by atoms with Gasteiger partial charge in [-0.3, -0.25) is 9.78 Å². The number of hydrogen-bond donors (Lipinski definition) is 1. The van der Waals surface area contributed by atoms with Crippen molar-refractivity contribution >= 4 is 23.2 Å². The lowest BCUT2D eigenvalue weighted by Crippen LogP contribution is -2.38. The lowest BCUT2D eigenvalue weighted by atomic mass is 10.3. The highest BCUT2D eigenvalue weighted by Gasteiger charge is 2.17. The number of rotatable bonds is 3. The first-order valence-electron chi connectivity index (χ1n) is 3.92. The fourth-order valence-corrected chi connectivity index (χ4v) is 1.35. The van der Waals surface area contributed by atoms with Crippen LogP contribution in [-0.4, -0.2) is 30.0 Å². The fourth-order valence-electron chi connectivity index (χ4n) is 0.831. The first-order chi connectivity index (χ1) is 6.65. The molecule has 0 saturated carbocycles. The van der Waals surface area contributed by atoms with Crippen molar-refractivity contribution in [1.82, 2.24) is 10.3 Å². The third-order valence-electron chi connectivity index (χ3n) is 1.56. The van der Waals surface area contributed by atoms with Gasteiger partial charge in [-0.1, -0.05) is 0 Å². The van der Waals surface area contributed by atoms with Gasteiger partial charge in [0.1, 0.15) is 10.9 Å². The summed E-state index contributed by atoms with van der Waals surface area (Å²) in [6.45, 7) is 1.56. The van der Waals surface area contributed by atoms with Crippen molar-refractivity contribution in [2.75, 3.05) is 7.11 Å². The van der Waals surface area contributed by atoms with Crippen molar-refractivity contribution in [3.8, 4) is 0 Å². The summed E-state index contributed by atoms with van der Waals surface area (Å²) in [6.07, 6.45) is 1.45. The molecule has 5 nitrogen and oxygen atoms in total. The van der Waals surface area contributed by atoms with E-state index in [-0.39, 0.29) is 5.91 Å². The lowest BCUT2D eigenvalue weighted by molar-refractivity contribution is -0.142. The Hall–Kier alpha value is -1.43. The topological polar surface area (TPSA) is 68.3 Å². The van der Waals surface area contributed by atoms with Gasteiger partial charge in [-0.2, -0.15) is 0 Å². The number of carbonyl (C=O) groups is 2. The van der Waals surface area contributed by atoms with Crippen LogP contribution in [-0.2, 0) is 9.53 Å². The monoisotopic (exact) mass is 214 g/mol. The van der Waals surface area contributed by atoms with E-state index in [1.165, 1.54) is 24.6 Å². The molecule has 0 aliphatic heterocycles. The molecule has 0 spiro atoms. The molecule has 1 aromatic heterocycles. The van der Waals surface area contributed by atoms with E-state index in [4.69, 9.17) is 0 Å². The zero-order valence-corrected chi connectivity index (χ0v) is 8.63. The second kappa shape index (κ2) is 4.71. The number of amides is 1. The highest BCUT2D eigenvalue weighted by atomic mass is 32.1. The van der Waals surface area contributed by atoms with Crippen molar-refractivity contribution in [3.05, 3.63) is 16.6 Å². The molecule has 0 saturated heterocycles.